The number of carbonyl (C=O) groups is 1. The summed E-state index contributed by atoms with van der Waals surface area (Å²) in [4.78, 5) is 11.1. The van der Waals surface area contributed by atoms with Gasteiger partial charge in [0.2, 0.25) is 5.91 Å². The van der Waals surface area contributed by atoms with Crippen molar-refractivity contribution in [1.82, 2.24) is 10.6 Å². The highest BCUT2D eigenvalue weighted by Crippen LogP contribution is 2.24. The van der Waals surface area contributed by atoms with Crippen LogP contribution in [-0.4, -0.2) is 36.3 Å². The Morgan fingerprint density at radius 2 is 2.06 bits per heavy atom. The van der Waals surface area contributed by atoms with Gasteiger partial charge in [0, 0.05) is 6.54 Å². The third-order valence-electron chi connectivity index (χ3n) is 2.11. The van der Waals surface area contributed by atoms with Crippen molar-refractivity contribution in [3.8, 4) is 11.5 Å². The molecule has 0 aliphatic carbocycles. The molecule has 1 amide bonds. The summed E-state index contributed by atoms with van der Waals surface area (Å²) in [6, 6.07) is 4.62. The number of benzene rings is 1. The molecule has 16 heavy (non-hydrogen) atoms. The van der Waals surface area contributed by atoms with E-state index in [9.17, 15) is 9.90 Å². The molecule has 0 heterocycles. The number of hydrogen-bond acceptors (Lipinski definition) is 4. The van der Waals surface area contributed by atoms with Gasteiger partial charge < -0.3 is 20.8 Å². The van der Waals surface area contributed by atoms with Gasteiger partial charge in [0.15, 0.2) is 11.5 Å². The van der Waals surface area contributed by atoms with Crippen molar-refractivity contribution in [3.05, 3.63) is 23.8 Å². The zero-order chi connectivity index (χ0) is 12.0. The molecule has 0 radical (unpaired) electrons. The second-order valence-electron chi connectivity index (χ2n) is 3.45. The molecule has 0 spiro atoms. The Labute approximate surface area is 94.1 Å². The van der Waals surface area contributed by atoms with Crippen molar-refractivity contribution in [2.24, 2.45) is 0 Å². The summed E-state index contributed by atoms with van der Waals surface area (Å²) in [5.74, 6) is -0.340. The smallest absolute Gasteiger partial charge is 0.233 e. The highest BCUT2D eigenvalue weighted by atomic mass is 16.3. The predicted molar refractivity (Wildman–Crippen MR) is 60.4 cm³/mol. The molecule has 5 heteroatoms. The molecule has 0 aromatic heterocycles. The van der Waals surface area contributed by atoms with Crippen LogP contribution in [0.2, 0.25) is 0 Å². The van der Waals surface area contributed by atoms with E-state index >= 15 is 0 Å². The van der Waals surface area contributed by atoms with Crippen LogP contribution in [0.5, 0.6) is 11.5 Å². The minimum Gasteiger partial charge on any atom is -0.504 e. The number of rotatable bonds is 5. The van der Waals surface area contributed by atoms with E-state index in [-0.39, 0.29) is 17.4 Å². The normalized spacial score (nSPS) is 10.1. The largest absolute Gasteiger partial charge is 0.504 e. The Balaban J connectivity index is 2.37. The Morgan fingerprint density at radius 3 is 2.69 bits per heavy atom. The van der Waals surface area contributed by atoms with Gasteiger partial charge in [0.1, 0.15) is 0 Å². The molecule has 5 nitrogen and oxygen atoms in total. The summed E-state index contributed by atoms with van der Waals surface area (Å²) in [6.45, 7) is 0.797. The summed E-state index contributed by atoms with van der Waals surface area (Å²) in [6.07, 6.45) is 0.614. The highest BCUT2D eigenvalue weighted by molar-refractivity contribution is 5.77. The fourth-order valence-electron chi connectivity index (χ4n) is 1.29. The first-order valence-corrected chi connectivity index (χ1v) is 5.05. The van der Waals surface area contributed by atoms with Crippen LogP contribution in [0.4, 0.5) is 0 Å². The molecule has 88 valence electrons. The average Bonchev–Trinajstić information content (AvgIpc) is 2.24. The number of carbonyl (C=O) groups excluding carboxylic acids is 1. The SMILES string of the molecule is CNCC(=O)NCCc1ccc(O)c(O)c1. The first-order chi connectivity index (χ1) is 7.63. The van der Waals surface area contributed by atoms with Crippen LogP contribution in [0.15, 0.2) is 18.2 Å². The van der Waals surface area contributed by atoms with Crippen LogP contribution < -0.4 is 10.6 Å². The second kappa shape index (κ2) is 5.97. The zero-order valence-electron chi connectivity index (χ0n) is 9.16. The van der Waals surface area contributed by atoms with Crippen molar-refractivity contribution in [2.75, 3.05) is 20.1 Å². The summed E-state index contributed by atoms with van der Waals surface area (Å²) >= 11 is 0. The molecule has 0 saturated carbocycles. The maximum absolute atomic E-state index is 11.1. The van der Waals surface area contributed by atoms with Crippen LogP contribution in [0, 0.1) is 0 Å². The van der Waals surface area contributed by atoms with Gasteiger partial charge in [-0.1, -0.05) is 6.07 Å². The number of nitrogens with one attached hydrogen (secondary N) is 2. The number of phenols is 2. The topological polar surface area (TPSA) is 81.6 Å². The molecular weight excluding hydrogens is 208 g/mol. The lowest BCUT2D eigenvalue weighted by atomic mass is 10.1. The Morgan fingerprint density at radius 1 is 1.31 bits per heavy atom. The van der Waals surface area contributed by atoms with E-state index in [0.717, 1.165) is 5.56 Å². The Kier molecular flexibility index (Phi) is 4.60. The van der Waals surface area contributed by atoms with Gasteiger partial charge in [-0.15, -0.1) is 0 Å². The predicted octanol–water partition coefficient (Wildman–Crippen LogP) is -0.0241. The van der Waals surface area contributed by atoms with E-state index < -0.39 is 0 Å². The molecule has 1 rings (SSSR count). The van der Waals surface area contributed by atoms with E-state index in [1.807, 2.05) is 0 Å². The molecule has 0 unspecified atom stereocenters. The van der Waals surface area contributed by atoms with Crippen molar-refractivity contribution >= 4 is 5.91 Å². The van der Waals surface area contributed by atoms with Gasteiger partial charge in [0.25, 0.3) is 0 Å². The zero-order valence-corrected chi connectivity index (χ0v) is 9.16. The molecule has 0 aliphatic rings. The monoisotopic (exact) mass is 224 g/mol. The van der Waals surface area contributed by atoms with E-state index in [4.69, 9.17) is 5.11 Å². The lowest BCUT2D eigenvalue weighted by molar-refractivity contribution is -0.120. The Hall–Kier alpha value is -1.75. The van der Waals surface area contributed by atoms with Gasteiger partial charge in [-0.3, -0.25) is 4.79 Å². The molecular formula is C11H16N2O3. The van der Waals surface area contributed by atoms with Gasteiger partial charge in [-0.05, 0) is 31.2 Å². The summed E-state index contributed by atoms with van der Waals surface area (Å²) < 4.78 is 0. The van der Waals surface area contributed by atoms with Crippen LogP contribution in [0.25, 0.3) is 0 Å². The second-order valence-corrected chi connectivity index (χ2v) is 3.45. The molecule has 0 saturated heterocycles. The van der Waals surface area contributed by atoms with Gasteiger partial charge in [-0.25, -0.2) is 0 Å². The molecule has 1 aromatic rings. The fourth-order valence-corrected chi connectivity index (χ4v) is 1.29. The first-order valence-electron chi connectivity index (χ1n) is 5.05. The maximum Gasteiger partial charge on any atom is 0.233 e. The number of amides is 1. The van der Waals surface area contributed by atoms with Crippen LogP contribution >= 0.6 is 0 Å². The summed E-state index contributed by atoms with van der Waals surface area (Å²) in [5, 5.41) is 23.8. The first kappa shape index (κ1) is 12.3. The van der Waals surface area contributed by atoms with E-state index in [1.165, 1.54) is 12.1 Å². The van der Waals surface area contributed by atoms with Crippen molar-refractivity contribution in [1.29, 1.82) is 0 Å². The van der Waals surface area contributed by atoms with Crippen molar-refractivity contribution < 1.29 is 15.0 Å². The third kappa shape index (κ3) is 3.78. The third-order valence-corrected chi connectivity index (χ3v) is 2.11. The molecule has 1 aromatic carbocycles. The van der Waals surface area contributed by atoms with Gasteiger partial charge in [0.05, 0.1) is 6.54 Å². The molecule has 4 N–H and O–H groups in total. The highest BCUT2D eigenvalue weighted by Gasteiger charge is 2.02. The van der Waals surface area contributed by atoms with E-state index in [0.29, 0.717) is 19.5 Å². The van der Waals surface area contributed by atoms with E-state index in [2.05, 4.69) is 10.6 Å². The lowest BCUT2D eigenvalue weighted by Gasteiger charge is -2.05. The lowest BCUT2D eigenvalue weighted by Crippen LogP contribution is -2.33. The minimum atomic E-state index is -0.140. The van der Waals surface area contributed by atoms with Gasteiger partial charge >= 0.3 is 0 Å². The molecule has 0 fully saturated rings. The minimum absolute atomic E-state index is 0.0644. The van der Waals surface area contributed by atoms with Crippen LogP contribution in [-0.2, 0) is 11.2 Å². The van der Waals surface area contributed by atoms with E-state index in [1.54, 1.807) is 13.1 Å². The van der Waals surface area contributed by atoms with Crippen LogP contribution in [0.3, 0.4) is 0 Å². The standard InChI is InChI=1S/C11H16N2O3/c1-12-7-11(16)13-5-4-8-2-3-9(14)10(15)6-8/h2-3,6,12,14-15H,4-5,7H2,1H3,(H,13,16). The molecule has 0 bridgehead atoms. The number of hydrogen-bond donors (Lipinski definition) is 4. The van der Waals surface area contributed by atoms with Crippen LogP contribution in [0.1, 0.15) is 5.56 Å². The number of aromatic hydroxyl groups is 2. The fraction of sp³-hybridized carbons (Fsp3) is 0.364. The Bertz CT molecular complexity index is 366. The number of likely N-dealkylation sites (N-methyl/N-ethyl adjacent to an activating group) is 1. The molecule has 0 aliphatic heterocycles. The maximum atomic E-state index is 11.1. The number of phenolic OH excluding ortho intramolecular Hbond substituents is 2. The van der Waals surface area contributed by atoms with Gasteiger partial charge in [-0.2, -0.15) is 0 Å². The summed E-state index contributed by atoms with van der Waals surface area (Å²) in [5.41, 5.74) is 0.861. The molecule has 0 atom stereocenters. The average molecular weight is 224 g/mol. The van der Waals surface area contributed by atoms with Crippen molar-refractivity contribution in [2.45, 2.75) is 6.42 Å². The summed E-state index contributed by atoms with van der Waals surface area (Å²) in [7, 11) is 1.71. The quantitative estimate of drug-likeness (QED) is 0.530. The van der Waals surface area contributed by atoms with Crippen molar-refractivity contribution in [3.63, 3.8) is 0 Å².